The van der Waals surface area contributed by atoms with Crippen LogP contribution in [0.25, 0.3) is 0 Å². The van der Waals surface area contributed by atoms with E-state index in [1.165, 1.54) is 5.56 Å². The number of rotatable bonds is 13. The van der Waals surface area contributed by atoms with Crippen molar-refractivity contribution in [2.24, 2.45) is 0 Å². The summed E-state index contributed by atoms with van der Waals surface area (Å²) in [5, 5.41) is 0. The minimum absolute atomic E-state index is 0. The van der Waals surface area contributed by atoms with Crippen LogP contribution in [0.2, 0.25) is 0 Å². The third-order valence-electron chi connectivity index (χ3n) is 5.68. The number of carbonyl (C=O) groups is 1. The fourth-order valence-corrected chi connectivity index (χ4v) is 3.73. The number of carbonyl (C=O) groups excluding carboxylic acids is 1. The molecule has 0 unspecified atom stereocenters. The van der Waals surface area contributed by atoms with Crippen LogP contribution in [0.1, 0.15) is 59.4 Å². The third-order valence-corrected chi connectivity index (χ3v) is 5.68. The highest BCUT2D eigenvalue weighted by Gasteiger charge is 2.38. The van der Waals surface area contributed by atoms with E-state index in [0.29, 0.717) is 12.2 Å². The molecule has 0 N–H and O–H groups in total. The summed E-state index contributed by atoms with van der Waals surface area (Å²) in [6, 6.07) is 10.5. The van der Waals surface area contributed by atoms with Gasteiger partial charge in [0, 0.05) is 6.42 Å². The summed E-state index contributed by atoms with van der Waals surface area (Å²) in [6.45, 7) is 16.9. The molecule has 1 aromatic carbocycles. The highest BCUT2D eigenvalue weighted by molar-refractivity contribution is 5.90. The average molecular weight is 383 g/mol. The lowest BCUT2D eigenvalue weighted by molar-refractivity contribution is -0.125. The molecule has 0 fully saturated rings. The van der Waals surface area contributed by atoms with Crippen molar-refractivity contribution < 1.29 is 4.79 Å². The maximum absolute atomic E-state index is 13.2. The van der Waals surface area contributed by atoms with Gasteiger partial charge >= 0.3 is 0 Å². The molecule has 1 rings (SSSR count). The number of hydrogen-bond donors (Lipinski definition) is 0. The summed E-state index contributed by atoms with van der Waals surface area (Å²) in [4.78, 5) is 18.0. The first-order valence-corrected chi connectivity index (χ1v) is 10.1. The zero-order chi connectivity index (χ0) is 18.7. The van der Waals surface area contributed by atoms with Crippen LogP contribution in [0.15, 0.2) is 30.3 Å². The van der Waals surface area contributed by atoms with E-state index in [1.54, 1.807) is 0 Å². The Hall–Kier alpha value is -0.900. The fraction of sp³-hybridized carbons (Fsp3) is 0.682. The van der Waals surface area contributed by atoms with E-state index in [1.807, 2.05) is 13.0 Å². The van der Waals surface area contributed by atoms with Gasteiger partial charge in [0.1, 0.15) is 5.78 Å². The number of Topliss-reactive ketones (excluding diaryl/α,β-unsaturated/α-hetero) is 1. The molecule has 3 nitrogen and oxygen atoms in total. The Labute approximate surface area is 167 Å². The zero-order valence-corrected chi connectivity index (χ0v) is 18.3. The van der Waals surface area contributed by atoms with Gasteiger partial charge in [-0.05, 0) is 57.7 Å². The van der Waals surface area contributed by atoms with Crippen molar-refractivity contribution in [1.82, 2.24) is 9.80 Å². The Bertz CT molecular complexity index is 468. The SMILES string of the molecule is CCC(=O)C(CCN(CC)CC)(CCN(CC)CC)c1ccccc1.Cl. The van der Waals surface area contributed by atoms with Crippen molar-refractivity contribution in [3.8, 4) is 0 Å². The molecule has 0 spiro atoms. The van der Waals surface area contributed by atoms with E-state index in [4.69, 9.17) is 0 Å². The summed E-state index contributed by atoms with van der Waals surface area (Å²) in [6.07, 6.45) is 2.42. The molecule has 0 saturated heterocycles. The van der Waals surface area contributed by atoms with Gasteiger partial charge in [-0.1, -0.05) is 65.0 Å². The second-order valence-electron chi connectivity index (χ2n) is 6.78. The average Bonchev–Trinajstić information content (AvgIpc) is 2.67. The van der Waals surface area contributed by atoms with E-state index in [2.05, 4.69) is 61.8 Å². The number of ketones is 1. The summed E-state index contributed by atoms with van der Waals surface area (Å²) in [5.74, 6) is 0.387. The molecule has 0 aromatic heterocycles. The van der Waals surface area contributed by atoms with Crippen LogP contribution in [0.5, 0.6) is 0 Å². The highest BCUT2D eigenvalue weighted by atomic mass is 35.5. The van der Waals surface area contributed by atoms with Gasteiger partial charge in [0.25, 0.3) is 0 Å². The van der Waals surface area contributed by atoms with Gasteiger partial charge in [-0.25, -0.2) is 0 Å². The smallest absolute Gasteiger partial charge is 0.143 e. The monoisotopic (exact) mass is 382 g/mol. The number of nitrogens with zero attached hydrogens (tertiary/aromatic N) is 2. The molecule has 0 atom stereocenters. The Morgan fingerprint density at radius 3 is 1.58 bits per heavy atom. The van der Waals surface area contributed by atoms with Crippen LogP contribution in [-0.4, -0.2) is 54.9 Å². The first kappa shape index (κ1) is 25.1. The van der Waals surface area contributed by atoms with Gasteiger partial charge in [-0.3, -0.25) is 4.79 Å². The lowest BCUT2D eigenvalue weighted by Crippen LogP contribution is -2.42. The Kier molecular flexibility index (Phi) is 12.8. The standard InChI is InChI=1S/C22H38N2O.ClH/c1-6-21(25)22(16-18-23(7-2)8-3,17-19-24(9-4)10-5)20-14-12-11-13-15-20;/h11-15H,6-10,16-19H2,1-5H3;1H. The van der Waals surface area contributed by atoms with Crippen LogP contribution in [0, 0.1) is 0 Å². The van der Waals surface area contributed by atoms with Crippen molar-refractivity contribution in [3.63, 3.8) is 0 Å². The van der Waals surface area contributed by atoms with Crippen molar-refractivity contribution in [3.05, 3.63) is 35.9 Å². The molecule has 26 heavy (non-hydrogen) atoms. The topological polar surface area (TPSA) is 23.6 Å². The molecule has 0 amide bonds. The molecular formula is C22H39ClN2O. The minimum atomic E-state index is -0.360. The Morgan fingerprint density at radius 1 is 0.808 bits per heavy atom. The van der Waals surface area contributed by atoms with Crippen LogP contribution >= 0.6 is 12.4 Å². The number of hydrogen-bond acceptors (Lipinski definition) is 3. The molecule has 0 aliphatic rings. The van der Waals surface area contributed by atoms with Gasteiger partial charge in [0.2, 0.25) is 0 Å². The normalized spacial score (nSPS) is 11.7. The molecule has 0 aliphatic heterocycles. The number of benzene rings is 1. The van der Waals surface area contributed by atoms with Crippen molar-refractivity contribution in [2.45, 2.75) is 59.3 Å². The van der Waals surface area contributed by atoms with Crippen LogP contribution < -0.4 is 0 Å². The second-order valence-corrected chi connectivity index (χ2v) is 6.78. The molecule has 4 heteroatoms. The van der Waals surface area contributed by atoms with E-state index in [0.717, 1.165) is 52.1 Å². The highest BCUT2D eigenvalue weighted by Crippen LogP contribution is 2.35. The predicted octanol–water partition coefficient (Wildman–Crippen LogP) is 4.79. The lowest BCUT2D eigenvalue weighted by Gasteiger charge is -2.36. The Morgan fingerprint density at radius 2 is 1.23 bits per heavy atom. The summed E-state index contributed by atoms with van der Waals surface area (Å²) in [5.41, 5.74) is 0.836. The maximum Gasteiger partial charge on any atom is 0.143 e. The van der Waals surface area contributed by atoms with Crippen LogP contribution in [0.3, 0.4) is 0 Å². The lowest BCUT2D eigenvalue weighted by atomic mass is 9.70. The maximum atomic E-state index is 13.2. The van der Waals surface area contributed by atoms with Gasteiger partial charge in [-0.15, -0.1) is 12.4 Å². The predicted molar refractivity (Wildman–Crippen MR) is 115 cm³/mol. The van der Waals surface area contributed by atoms with E-state index in [9.17, 15) is 4.79 Å². The van der Waals surface area contributed by atoms with Gasteiger partial charge in [0.15, 0.2) is 0 Å². The van der Waals surface area contributed by atoms with Crippen LogP contribution in [-0.2, 0) is 10.2 Å². The van der Waals surface area contributed by atoms with E-state index in [-0.39, 0.29) is 17.8 Å². The quantitative estimate of drug-likeness (QED) is 0.490. The summed E-state index contributed by atoms with van der Waals surface area (Å²) >= 11 is 0. The molecule has 0 aliphatic carbocycles. The molecule has 0 bridgehead atoms. The molecular weight excluding hydrogens is 344 g/mol. The van der Waals surface area contributed by atoms with E-state index >= 15 is 0 Å². The fourth-order valence-electron chi connectivity index (χ4n) is 3.73. The first-order chi connectivity index (χ1) is 12.1. The zero-order valence-electron chi connectivity index (χ0n) is 17.5. The molecule has 150 valence electrons. The molecule has 1 aromatic rings. The van der Waals surface area contributed by atoms with E-state index < -0.39 is 0 Å². The van der Waals surface area contributed by atoms with Crippen molar-refractivity contribution in [1.29, 1.82) is 0 Å². The summed E-state index contributed by atoms with van der Waals surface area (Å²) in [7, 11) is 0. The van der Waals surface area contributed by atoms with Gasteiger partial charge < -0.3 is 9.80 Å². The van der Waals surface area contributed by atoms with Crippen molar-refractivity contribution in [2.75, 3.05) is 39.3 Å². The first-order valence-electron chi connectivity index (χ1n) is 10.1. The molecule has 0 saturated carbocycles. The molecule has 0 heterocycles. The van der Waals surface area contributed by atoms with Gasteiger partial charge in [-0.2, -0.15) is 0 Å². The molecule has 0 radical (unpaired) electrons. The van der Waals surface area contributed by atoms with Crippen LogP contribution in [0.4, 0.5) is 0 Å². The third kappa shape index (κ3) is 6.68. The van der Waals surface area contributed by atoms with Crippen molar-refractivity contribution >= 4 is 18.2 Å². The largest absolute Gasteiger partial charge is 0.304 e. The number of halogens is 1. The minimum Gasteiger partial charge on any atom is -0.304 e. The van der Waals surface area contributed by atoms with Gasteiger partial charge in [0.05, 0.1) is 5.41 Å². The Balaban J connectivity index is 0.00000625. The second kappa shape index (κ2) is 13.3. The summed E-state index contributed by atoms with van der Waals surface area (Å²) < 4.78 is 0.